The van der Waals surface area contributed by atoms with Crippen LogP contribution in [0.5, 0.6) is 5.75 Å². The van der Waals surface area contributed by atoms with Crippen LogP contribution in [0.1, 0.15) is 25.2 Å². The van der Waals surface area contributed by atoms with Crippen molar-refractivity contribution in [1.29, 1.82) is 0 Å². The first kappa shape index (κ1) is 16.8. The molecule has 130 valence electrons. The van der Waals surface area contributed by atoms with Crippen molar-refractivity contribution in [2.24, 2.45) is 10.7 Å². The number of anilines is 1. The molecule has 0 saturated heterocycles. The van der Waals surface area contributed by atoms with Gasteiger partial charge in [-0.1, -0.05) is 12.1 Å². The maximum absolute atomic E-state index is 5.96. The van der Waals surface area contributed by atoms with E-state index in [0.717, 1.165) is 33.9 Å². The minimum absolute atomic E-state index is 0.151. The lowest BCUT2D eigenvalue weighted by molar-refractivity contribution is 0.242. The van der Waals surface area contributed by atoms with Crippen molar-refractivity contribution in [3.8, 4) is 5.75 Å². The molecule has 6 heteroatoms. The third-order valence-corrected chi connectivity index (χ3v) is 3.66. The smallest absolute Gasteiger partial charge is 0.193 e. The van der Waals surface area contributed by atoms with Crippen LogP contribution in [0, 0.1) is 6.92 Å². The molecule has 0 aliphatic carbocycles. The summed E-state index contributed by atoms with van der Waals surface area (Å²) >= 11 is 0. The summed E-state index contributed by atoms with van der Waals surface area (Å²) in [7, 11) is 0. The van der Waals surface area contributed by atoms with Gasteiger partial charge >= 0.3 is 0 Å². The topological polar surface area (TPSA) is 88.3 Å². The van der Waals surface area contributed by atoms with Gasteiger partial charge in [-0.15, -0.1) is 0 Å². The molecule has 0 spiro atoms. The number of hydrogen-bond donors (Lipinski definition) is 3. The molecule has 2 aromatic carbocycles. The Morgan fingerprint density at radius 2 is 2.00 bits per heavy atom. The Labute approximate surface area is 147 Å². The van der Waals surface area contributed by atoms with E-state index in [1.165, 1.54) is 0 Å². The number of rotatable bonds is 5. The van der Waals surface area contributed by atoms with E-state index in [4.69, 9.17) is 10.5 Å². The van der Waals surface area contributed by atoms with Crippen LogP contribution in [0.3, 0.4) is 0 Å². The normalized spacial score (nSPS) is 11.9. The number of nitrogens with one attached hydrogen (secondary N) is 2. The molecule has 0 fully saturated rings. The molecule has 1 heterocycles. The van der Waals surface area contributed by atoms with Crippen LogP contribution in [0.25, 0.3) is 11.0 Å². The molecule has 0 aliphatic rings. The standard InChI is InChI=1S/C19H23N5O/c1-12(2)25-15-9-7-14(8-10-15)22-19(20)21-11-17-23-16-6-4-5-13(3)18(16)24-17/h4-10,12H,11H2,1-3H3,(H,23,24)(H3,20,21,22). The van der Waals surface area contributed by atoms with Gasteiger partial charge in [0.15, 0.2) is 5.96 Å². The van der Waals surface area contributed by atoms with Gasteiger partial charge in [-0.2, -0.15) is 0 Å². The fourth-order valence-electron chi connectivity index (χ4n) is 2.54. The Morgan fingerprint density at radius 1 is 1.24 bits per heavy atom. The molecular weight excluding hydrogens is 314 g/mol. The van der Waals surface area contributed by atoms with Crippen molar-refractivity contribution in [2.75, 3.05) is 5.32 Å². The van der Waals surface area contributed by atoms with Crippen LogP contribution < -0.4 is 15.8 Å². The molecule has 0 saturated carbocycles. The average molecular weight is 337 g/mol. The van der Waals surface area contributed by atoms with E-state index in [0.29, 0.717) is 12.5 Å². The molecular formula is C19H23N5O. The molecule has 3 aromatic rings. The van der Waals surface area contributed by atoms with Gasteiger partial charge in [0.05, 0.1) is 17.1 Å². The predicted octanol–water partition coefficient (Wildman–Crippen LogP) is 3.59. The van der Waals surface area contributed by atoms with Gasteiger partial charge < -0.3 is 20.8 Å². The molecule has 25 heavy (non-hydrogen) atoms. The quantitative estimate of drug-likeness (QED) is 0.490. The third kappa shape index (κ3) is 4.29. The van der Waals surface area contributed by atoms with Crippen LogP contribution >= 0.6 is 0 Å². The number of benzene rings is 2. The van der Waals surface area contributed by atoms with Gasteiger partial charge in [0.2, 0.25) is 0 Å². The summed E-state index contributed by atoms with van der Waals surface area (Å²) in [6.45, 7) is 6.42. The number of H-pyrrole nitrogens is 1. The summed E-state index contributed by atoms with van der Waals surface area (Å²) in [4.78, 5) is 12.2. The highest BCUT2D eigenvalue weighted by molar-refractivity contribution is 5.92. The summed E-state index contributed by atoms with van der Waals surface area (Å²) in [5.41, 5.74) is 9.94. The Kier molecular flexibility index (Phi) is 4.88. The number of imidazole rings is 1. The molecule has 1 aromatic heterocycles. The first-order valence-electron chi connectivity index (χ1n) is 8.29. The van der Waals surface area contributed by atoms with Gasteiger partial charge in [-0.3, -0.25) is 0 Å². The minimum atomic E-state index is 0.151. The lowest BCUT2D eigenvalue weighted by Crippen LogP contribution is -2.22. The number of para-hydroxylation sites is 1. The molecule has 0 amide bonds. The summed E-state index contributed by atoms with van der Waals surface area (Å²) in [5, 5.41) is 3.07. The summed E-state index contributed by atoms with van der Waals surface area (Å²) in [6, 6.07) is 13.7. The summed E-state index contributed by atoms with van der Waals surface area (Å²) in [5.74, 6) is 1.96. The van der Waals surface area contributed by atoms with Crippen LogP contribution in [0.4, 0.5) is 5.69 Å². The first-order chi connectivity index (χ1) is 12.0. The summed E-state index contributed by atoms with van der Waals surface area (Å²) < 4.78 is 5.62. The number of aryl methyl sites for hydroxylation is 1. The van der Waals surface area contributed by atoms with E-state index in [-0.39, 0.29) is 6.10 Å². The maximum atomic E-state index is 5.96. The van der Waals surface area contributed by atoms with E-state index in [1.807, 2.05) is 63.2 Å². The first-order valence-corrected chi connectivity index (χ1v) is 8.29. The molecule has 0 unspecified atom stereocenters. The second-order valence-corrected chi connectivity index (χ2v) is 6.17. The Bertz CT molecular complexity index is 880. The van der Waals surface area contributed by atoms with Crippen LogP contribution in [0.2, 0.25) is 0 Å². The van der Waals surface area contributed by atoms with Crippen molar-refractivity contribution >= 4 is 22.7 Å². The number of ether oxygens (including phenoxy) is 1. The lowest BCUT2D eigenvalue weighted by Gasteiger charge is -2.10. The van der Waals surface area contributed by atoms with Gasteiger partial charge in [0, 0.05) is 5.69 Å². The minimum Gasteiger partial charge on any atom is -0.491 e. The number of aromatic amines is 1. The molecule has 0 bridgehead atoms. The number of nitrogens with zero attached hydrogens (tertiary/aromatic N) is 2. The number of guanidine groups is 1. The molecule has 4 N–H and O–H groups in total. The van der Waals surface area contributed by atoms with E-state index in [2.05, 4.69) is 20.3 Å². The van der Waals surface area contributed by atoms with Crippen molar-refractivity contribution in [3.63, 3.8) is 0 Å². The van der Waals surface area contributed by atoms with Crippen molar-refractivity contribution in [1.82, 2.24) is 9.97 Å². The summed E-state index contributed by atoms with van der Waals surface area (Å²) in [6.07, 6.45) is 0.151. The van der Waals surface area contributed by atoms with Gasteiger partial charge in [0.1, 0.15) is 18.1 Å². The SMILES string of the molecule is Cc1cccc2[nH]c(CN=C(N)Nc3ccc(OC(C)C)cc3)nc12. The van der Waals surface area contributed by atoms with E-state index in [9.17, 15) is 0 Å². The Morgan fingerprint density at radius 3 is 2.68 bits per heavy atom. The highest BCUT2D eigenvalue weighted by Crippen LogP contribution is 2.17. The molecule has 6 nitrogen and oxygen atoms in total. The fourth-order valence-corrected chi connectivity index (χ4v) is 2.54. The van der Waals surface area contributed by atoms with Crippen molar-refractivity contribution in [2.45, 2.75) is 33.4 Å². The number of aliphatic imine (C=N–C) groups is 1. The molecule has 0 aliphatic heterocycles. The highest BCUT2D eigenvalue weighted by Gasteiger charge is 2.04. The van der Waals surface area contributed by atoms with Gasteiger partial charge in [-0.05, 0) is 56.7 Å². The Hall–Kier alpha value is -3.02. The zero-order chi connectivity index (χ0) is 17.8. The monoisotopic (exact) mass is 337 g/mol. The Balaban J connectivity index is 1.64. The average Bonchev–Trinajstić information content (AvgIpc) is 2.99. The van der Waals surface area contributed by atoms with Crippen LogP contribution in [0.15, 0.2) is 47.5 Å². The molecule has 0 atom stereocenters. The van der Waals surface area contributed by atoms with E-state index >= 15 is 0 Å². The van der Waals surface area contributed by atoms with E-state index < -0.39 is 0 Å². The zero-order valence-electron chi connectivity index (χ0n) is 14.7. The number of fused-ring (bicyclic) bond motifs is 1. The number of aromatic nitrogens is 2. The third-order valence-electron chi connectivity index (χ3n) is 3.66. The van der Waals surface area contributed by atoms with Crippen LogP contribution in [-0.2, 0) is 6.54 Å². The number of hydrogen-bond acceptors (Lipinski definition) is 3. The van der Waals surface area contributed by atoms with Crippen LogP contribution in [-0.4, -0.2) is 22.0 Å². The van der Waals surface area contributed by atoms with Gasteiger partial charge in [-0.25, -0.2) is 9.98 Å². The molecule has 0 radical (unpaired) electrons. The number of nitrogens with two attached hydrogens (primary N) is 1. The lowest BCUT2D eigenvalue weighted by atomic mass is 10.2. The maximum Gasteiger partial charge on any atom is 0.193 e. The van der Waals surface area contributed by atoms with Crippen molar-refractivity contribution in [3.05, 3.63) is 53.9 Å². The highest BCUT2D eigenvalue weighted by atomic mass is 16.5. The van der Waals surface area contributed by atoms with Crippen molar-refractivity contribution < 1.29 is 4.74 Å². The van der Waals surface area contributed by atoms with E-state index in [1.54, 1.807) is 0 Å². The second kappa shape index (κ2) is 7.25. The predicted molar refractivity (Wildman–Crippen MR) is 102 cm³/mol. The fraction of sp³-hybridized carbons (Fsp3) is 0.263. The van der Waals surface area contributed by atoms with Gasteiger partial charge in [0.25, 0.3) is 0 Å². The largest absolute Gasteiger partial charge is 0.491 e. The second-order valence-electron chi connectivity index (χ2n) is 6.17. The zero-order valence-corrected chi connectivity index (χ0v) is 14.7. The molecule has 3 rings (SSSR count).